The van der Waals surface area contributed by atoms with Gasteiger partial charge in [0.25, 0.3) is 0 Å². The van der Waals surface area contributed by atoms with Gasteiger partial charge in [0.1, 0.15) is 34.1 Å². The van der Waals surface area contributed by atoms with Gasteiger partial charge in [0.15, 0.2) is 11.6 Å². The number of ether oxygens (including phenoxy) is 1. The van der Waals surface area contributed by atoms with E-state index in [1.807, 2.05) is 0 Å². The lowest BCUT2D eigenvalue weighted by Crippen LogP contribution is -2.13. The highest BCUT2D eigenvalue weighted by atomic mass is 32.2. The van der Waals surface area contributed by atoms with Gasteiger partial charge in [0, 0.05) is 12.0 Å². The molecule has 3 unspecified atom stereocenters. The summed E-state index contributed by atoms with van der Waals surface area (Å²) >= 11 is 0. The molecule has 2 N–H and O–H groups in total. The molecule has 4 nitrogen and oxygen atoms in total. The number of aryl methyl sites for hydroxylation is 1. The molecule has 3 atom stereocenters. The van der Waals surface area contributed by atoms with E-state index < -0.39 is 39.5 Å². The molecule has 0 heterocycles. The molecule has 3 aromatic rings. The van der Waals surface area contributed by atoms with E-state index in [1.165, 1.54) is 31.4 Å². The molecule has 0 aromatic heterocycles. The van der Waals surface area contributed by atoms with Crippen LogP contribution in [0.1, 0.15) is 23.5 Å². The Morgan fingerprint density at radius 2 is 1.69 bits per heavy atom. The Kier molecular flexibility index (Phi) is 6.10. The van der Waals surface area contributed by atoms with Gasteiger partial charge >= 0.3 is 0 Å². The molecule has 9 heteroatoms. The van der Waals surface area contributed by atoms with E-state index in [4.69, 9.17) is 4.74 Å². The standard InChI is InChI=1S/C23H20F4N2O2S/c1-12-3-7-19(18(26)9-12)28-23-20(8-6-16(24)22(23)27)29-32(30)21-11-15(21)14-5-4-13(31-2)10-17(14)25/h3-10,15,21,28-29H,11H2,1-2H3. The first-order valence-electron chi connectivity index (χ1n) is 9.80. The van der Waals surface area contributed by atoms with Gasteiger partial charge in [-0.15, -0.1) is 0 Å². The number of nitrogens with one attached hydrogen (secondary N) is 2. The SMILES string of the molecule is COc1ccc(C2CC2S(=O)Nc2ccc(F)c(F)c2Nc2ccc(C)cc2F)c(F)c1. The van der Waals surface area contributed by atoms with Crippen LogP contribution in [0.2, 0.25) is 0 Å². The zero-order valence-corrected chi connectivity index (χ0v) is 18.0. The highest BCUT2D eigenvalue weighted by Gasteiger charge is 2.45. The summed E-state index contributed by atoms with van der Waals surface area (Å²) in [6.45, 7) is 1.70. The fourth-order valence-electron chi connectivity index (χ4n) is 3.47. The lowest BCUT2D eigenvalue weighted by Gasteiger charge is -2.16. The lowest BCUT2D eigenvalue weighted by molar-refractivity contribution is 0.410. The van der Waals surface area contributed by atoms with E-state index in [0.29, 0.717) is 23.3 Å². The molecule has 168 valence electrons. The average Bonchev–Trinajstić information content (AvgIpc) is 3.55. The smallest absolute Gasteiger partial charge is 0.184 e. The molecule has 1 saturated carbocycles. The first-order valence-corrected chi connectivity index (χ1v) is 11.0. The molecule has 0 aliphatic heterocycles. The summed E-state index contributed by atoms with van der Waals surface area (Å²) in [4.78, 5) is 0. The number of benzene rings is 3. The Hall–Kier alpha value is -3.07. The second kappa shape index (κ2) is 8.82. The van der Waals surface area contributed by atoms with Gasteiger partial charge in [-0.25, -0.2) is 21.8 Å². The van der Waals surface area contributed by atoms with Crippen LogP contribution in [0, 0.1) is 30.2 Å². The van der Waals surface area contributed by atoms with Crippen molar-refractivity contribution in [2.75, 3.05) is 17.1 Å². The summed E-state index contributed by atoms with van der Waals surface area (Å²) in [5, 5.41) is 2.12. The van der Waals surface area contributed by atoms with Crippen LogP contribution in [0.25, 0.3) is 0 Å². The van der Waals surface area contributed by atoms with Gasteiger partial charge in [-0.1, -0.05) is 12.1 Å². The highest BCUT2D eigenvalue weighted by Crippen LogP contribution is 2.46. The number of anilines is 3. The zero-order valence-electron chi connectivity index (χ0n) is 17.2. The maximum Gasteiger partial charge on any atom is 0.184 e. The number of methoxy groups -OCH3 is 1. The first-order chi connectivity index (χ1) is 15.3. The van der Waals surface area contributed by atoms with Crippen LogP contribution in [0.4, 0.5) is 34.6 Å². The molecule has 3 aromatic carbocycles. The monoisotopic (exact) mass is 464 g/mol. The van der Waals surface area contributed by atoms with Crippen LogP contribution in [0.3, 0.4) is 0 Å². The van der Waals surface area contributed by atoms with Crippen molar-refractivity contribution in [1.29, 1.82) is 0 Å². The topological polar surface area (TPSA) is 50.4 Å². The van der Waals surface area contributed by atoms with E-state index in [2.05, 4.69) is 10.0 Å². The summed E-state index contributed by atoms with van der Waals surface area (Å²) in [7, 11) is -0.287. The van der Waals surface area contributed by atoms with Crippen LogP contribution >= 0.6 is 0 Å². The van der Waals surface area contributed by atoms with Gasteiger partial charge in [0.05, 0.1) is 23.7 Å². The zero-order chi connectivity index (χ0) is 23.0. The molecule has 32 heavy (non-hydrogen) atoms. The predicted octanol–water partition coefficient (Wildman–Crippen LogP) is 5.94. The van der Waals surface area contributed by atoms with E-state index in [-0.39, 0.29) is 23.0 Å². The normalized spacial score (nSPS) is 18.2. The minimum Gasteiger partial charge on any atom is -0.497 e. The third-order valence-corrected chi connectivity index (χ3v) is 6.80. The molecular weight excluding hydrogens is 444 g/mol. The Morgan fingerprint density at radius 3 is 2.38 bits per heavy atom. The van der Waals surface area contributed by atoms with Crippen molar-refractivity contribution in [3.05, 3.63) is 82.9 Å². The van der Waals surface area contributed by atoms with Crippen LogP contribution < -0.4 is 14.8 Å². The van der Waals surface area contributed by atoms with Crippen LogP contribution in [0.5, 0.6) is 5.75 Å². The molecule has 0 saturated heterocycles. The van der Waals surface area contributed by atoms with Crippen molar-refractivity contribution < 1.29 is 26.5 Å². The quantitative estimate of drug-likeness (QED) is 0.426. The molecule has 4 rings (SSSR count). The lowest BCUT2D eigenvalue weighted by atomic mass is 10.1. The molecule has 1 aliphatic rings. The van der Waals surface area contributed by atoms with Crippen molar-refractivity contribution >= 4 is 28.0 Å². The summed E-state index contributed by atoms with van der Waals surface area (Å²) in [6.07, 6.45) is 0.460. The number of rotatable bonds is 7. The Balaban J connectivity index is 1.55. The largest absolute Gasteiger partial charge is 0.497 e. The number of hydrogen-bond acceptors (Lipinski definition) is 3. The molecule has 0 amide bonds. The number of hydrogen-bond donors (Lipinski definition) is 2. The van der Waals surface area contributed by atoms with Gasteiger partial charge in [-0.05, 0) is 54.8 Å². The summed E-state index contributed by atoms with van der Waals surface area (Å²) in [5.41, 5.74) is 0.657. The second-order valence-electron chi connectivity index (χ2n) is 7.56. The van der Waals surface area contributed by atoms with Gasteiger partial charge < -0.3 is 14.8 Å². The Labute approximate surface area is 185 Å². The summed E-state index contributed by atoms with van der Waals surface area (Å²) in [6, 6.07) is 10.8. The third kappa shape index (κ3) is 4.43. The Morgan fingerprint density at radius 1 is 0.938 bits per heavy atom. The molecule has 1 fully saturated rings. The van der Waals surface area contributed by atoms with E-state index >= 15 is 0 Å². The van der Waals surface area contributed by atoms with E-state index in [9.17, 15) is 21.8 Å². The fraction of sp³-hybridized carbons (Fsp3) is 0.217. The van der Waals surface area contributed by atoms with Crippen LogP contribution in [0.15, 0.2) is 48.5 Å². The third-order valence-electron chi connectivity index (χ3n) is 5.30. The molecular formula is C23H20F4N2O2S. The van der Waals surface area contributed by atoms with E-state index in [1.54, 1.807) is 25.1 Å². The van der Waals surface area contributed by atoms with Gasteiger partial charge in [-0.3, -0.25) is 0 Å². The predicted molar refractivity (Wildman–Crippen MR) is 117 cm³/mol. The van der Waals surface area contributed by atoms with Crippen LogP contribution in [-0.2, 0) is 11.0 Å². The van der Waals surface area contributed by atoms with Crippen molar-refractivity contribution in [2.24, 2.45) is 0 Å². The maximum absolute atomic E-state index is 14.5. The summed E-state index contributed by atoms with van der Waals surface area (Å²) < 4.78 is 77.4. The molecule has 0 spiro atoms. The van der Waals surface area contributed by atoms with Gasteiger partial charge in [0.2, 0.25) is 0 Å². The second-order valence-corrected chi connectivity index (χ2v) is 8.96. The maximum atomic E-state index is 14.5. The summed E-state index contributed by atoms with van der Waals surface area (Å²) in [5.74, 6) is -3.38. The van der Waals surface area contributed by atoms with Crippen LogP contribution in [-0.4, -0.2) is 16.6 Å². The van der Waals surface area contributed by atoms with Crippen molar-refractivity contribution in [3.63, 3.8) is 0 Å². The molecule has 0 radical (unpaired) electrons. The Bertz CT molecular complexity index is 1200. The van der Waals surface area contributed by atoms with E-state index in [0.717, 1.165) is 6.07 Å². The average molecular weight is 464 g/mol. The molecule has 0 bridgehead atoms. The number of halogens is 4. The van der Waals surface area contributed by atoms with Gasteiger partial charge in [-0.2, -0.15) is 0 Å². The fourth-order valence-corrected chi connectivity index (χ4v) is 4.83. The first kappa shape index (κ1) is 22.1. The van der Waals surface area contributed by atoms with Crippen molar-refractivity contribution in [1.82, 2.24) is 0 Å². The minimum absolute atomic E-state index is 0.00283. The van der Waals surface area contributed by atoms with Crippen molar-refractivity contribution in [3.8, 4) is 5.75 Å². The van der Waals surface area contributed by atoms with Crippen molar-refractivity contribution in [2.45, 2.75) is 24.5 Å². The minimum atomic E-state index is -1.72. The molecule has 1 aliphatic carbocycles. The highest BCUT2D eigenvalue weighted by molar-refractivity contribution is 7.87.